The van der Waals surface area contributed by atoms with Gasteiger partial charge in [-0.05, 0) is 37.1 Å². The average molecular weight is 418 g/mol. The smallest absolute Gasteiger partial charge is 0.226 e. The minimum Gasteiger partial charge on any atom is -0.497 e. The quantitative estimate of drug-likeness (QED) is 0.573. The Hall–Kier alpha value is -3.41. The second-order valence-corrected chi connectivity index (χ2v) is 7.61. The van der Waals surface area contributed by atoms with Gasteiger partial charge >= 0.3 is 0 Å². The molecule has 1 fully saturated rings. The SMILES string of the molecule is COc1cccc(-c2nccnc2[C@@H]2CCCN(C(=O)CCOc3ccccc3)C2)c1. The van der Waals surface area contributed by atoms with E-state index in [1.807, 2.05) is 59.5 Å². The van der Waals surface area contributed by atoms with Crippen LogP contribution in [0.15, 0.2) is 67.0 Å². The molecule has 1 aliphatic rings. The van der Waals surface area contributed by atoms with Crippen LogP contribution in [0.2, 0.25) is 0 Å². The summed E-state index contributed by atoms with van der Waals surface area (Å²) in [6, 6.07) is 17.4. The number of carbonyl (C=O) groups is 1. The number of benzene rings is 2. The predicted octanol–water partition coefficient (Wildman–Crippen LogP) is 4.33. The zero-order valence-corrected chi connectivity index (χ0v) is 17.7. The molecule has 31 heavy (non-hydrogen) atoms. The van der Waals surface area contributed by atoms with Crippen LogP contribution in [0.4, 0.5) is 0 Å². The van der Waals surface area contributed by atoms with Crippen LogP contribution in [0, 0.1) is 0 Å². The standard InChI is InChI=1S/C25H27N3O3/c1-30-22-11-5-7-19(17-22)24-25(27-14-13-26-24)20-8-6-15-28(18-20)23(29)12-16-31-21-9-3-2-4-10-21/h2-5,7,9-11,13-14,17,20H,6,8,12,15-16,18H2,1H3/t20-/m1/s1. The van der Waals surface area contributed by atoms with Crippen molar-refractivity contribution in [2.24, 2.45) is 0 Å². The van der Waals surface area contributed by atoms with Crippen molar-refractivity contribution in [3.05, 3.63) is 72.7 Å². The third kappa shape index (κ3) is 5.20. The van der Waals surface area contributed by atoms with E-state index in [1.54, 1.807) is 19.5 Å². The van der Waals surface area contributed by atoms with Crippen LogP contribution in [0.3, 0.4) is 0 Å². The molecular weight excluding hydrogens is 390 g/mol. The second kappa shape index (κ2) is 10.1. The van der Waals surface area contributed by atoms with Crippen molar-refractivity contribution >= 4 is 5.91 Å². The van der Waals surface area contributed by atoms with Gasteiger partial charge in [-0.25, -0.2) is 0 Å². The summed E-state index contributed by atoms with van der Waals surface area (Å²) >= 11 is 0. The van der Waals surface area contributed by atoms with Crippen molar-refractivity contribution in [2.45, 2.75) is 25.2 Å². The molecule has 0 radical (unpaired) electrons. The first-order valence-corrected chi connectivity index (χ1v) is 10.7. The van der Waals surface area contributed by atoms with E-state index in [2.05, 4.69) is 9.97 Å². The molecule has 3 aromatic rings. The van der Waals surface area contributed by atoms with E-state index in [1.165, 1.54) is 0 Å². The summed E-state index contributed by atoms with van der Waals surface area (Å²) < 4.78 is 11.1. The first kappa shape index (κ1) is 20.8. The molecule has 1 aromatic heterocycles. The normalized spacial score (nSPS) is 16.0. The second-order valence-electron chi connectivity index (χ2n) is 7.61. The van der Waals surface area contributed by atoms with E-state index >= 15 is 0 Å². The van der Waals surface area contributed by atoms with Crippen molar-refractivity contribution in [2.75, 3.05) is 26.8 Å². The van der Waals surface area contributed by atoms with Crippen molar-refractivity contribution in [1.82, 2.24) is 14.9 Å². The topological polar surface area (TPSA) is 64.6 Å². The average Bonchev–Trinajstić information content (AvgIpc) is 2.85. The lowest BCUT2D eigenvalue weighted by Gasteiger charge is -2.33. The first-order chi connectivity index (χ1) is 15.2. The van der Waals surface area contributed by atoms with Crippen LogP contribution >= 0.6 is 0 Å². The van der Waals surface area contributed by atoms with Crippen LogP contribution in [0.25, 0.3) is 11.3 Å². The van der Waals surface area contributed by atoms with E-state index in [9.17, 15) is 4.79 Å². The molecule has 6 heteroatoms. The van der Waals surface area contributed by atoms with Crippen LogP contribution < -0.4 is 9.47 Å². The van der Waals surface area contributed by atoms with E-state index < -0.39 is 0 Å². The Morgan fingerprint density at radius 1 is 1.06 bits per heavy atom. The number of rotatable bonds is 7. The Bertz CT molecular complexity index is 1010. The van der Waals surface area contributed by atoms with E-state index in [-0.39, 0.29) is 11.8 Å². The Morgan fingerprint density at radius 3 is 2.71 bits per heavy atom. The summed E-state index contributed by atoms with van der Waals surface area (Å²) in [6.07, 6.45) is 5.74. The van der Waals surface area contributed by atoms with Gasteiger partial charge in [-0.3, -0.25) is 14.8 Å². The molecular formula is C25H27N3O3. The van der Waals surface area contributed by atoms with Crippen LogP contribution in [0.5, 0.6) is 11.5 Å². The number of hydrogen-bond donors (Lipinski definition) is 0. The van der Waals surface area contributed by atoms with E-state index in [4.69, 9.17) is 9.47 Å². The highest BCUT2D eigenvalue weighted by Gasteiger charge is 2.28. The van der Waals surface area contributed by atoms with Gasteiger partial charge in [0.15, 0.2) is 0 Å². The van der Waals surface area contributed by atoms with Gasteiger partial charge in [0.25, 0.3) is 0 Å². The number of carbonyl (C=O) groups excluding carboxylic acids is 1. The highest BCUT2D eigenvalue weighted by molar-refractivity contribution is 5.76. The molecule has 0 spiro atoms. The fraction of sp³-hybridized carbons (Fsp3) is 0.320. The molecule has 0 N–H and O–H groups in total. The van der Waals surface area contributed by atoms with Crippen molar-refractivity contribution in [3.63, 3.8) is 0 Å². The molecule has 1 aliphatic heterocycles. The number of hydrogen-bond acceptors (Lipinski definition) is 5. The highest BCUT2D eigenvalue weighted by atomic mass is 16.5. The Labute approximate surface area is 182 Å². The van der Waals surface area contributed by atoms with Gasteiger partial charge in [0.1, 0.15) is 11.5 Å². The number of piperidine rings is 1. The summed E-state index contributed by atoms with van der Waals surface area (Å²) in [4.78, 5) is 24.0. The number of amides is 1. The van der Waals surface area contributed by atoms with Gasteiger partial charge in [0.2, 0.25) is 5.91 Å². The lowest BCUT2D eigenvalue weighted by Crippen LogP contribution is -2.40. The summed E-state index contributed by atoms with van der Waals surface area (Å²) in [5.41, 5.74) is 2.77. The number of ether oxygens (including phenoxy) is 2. The highest BCUT2D eigenvalue weighted by Crippen LogP contribution is 2.33. The predicted molar refractivity (Wildman–Crippen MR) is 119 cm³/mol. The molecule has 4 rings (SSSR count). The molecule has 0 aliphatic carbocycles. The molecule has 2 heterocycles. The van der Waals surface area contributed by atoms with Gasteiger partial charge in [-0.1, -0.05) is 30.3 Å². The molecule has 0 unspecified atom stereocenters. The van der Waals surface area contributed by atoms with Gasteiger partial charge in [0, 0.05) is 37.0 Å². The molecule has 1 atom stereocenters. The Kier molecular flexibility index (Phi) is 6.77. The minimum atomic E-state index is 0.118. The van der Waals surface area contributed by atoms with E-state index in [0.717, 1.165) is 47.8 Å². The summed E-state index contributed by atoms with van der Waals surface area (Å²) in [7, 11) is 1.66. The number of nitrogens with zero attached hydrogens (tertiary/aromatic N) is 3. The number of aromatic nitrogens is 2. The zero-order valence-electron chi connectivity index (χ0n) is 17.7. The maximum absolute atomic E-state index is 12.8. The van der Waals surface area contributed by atoms with Crippen molar-refractivity contribution in [1.29, 1.82) is 0 Å². The van der Waals surface area contributed by atoms with E-state index in [0.29, 0.717) is 19.6 Å². The molecule has 0 saturated carbocycles. The summed E-state index contributed by atoms with van der Waals surface area (Å²) in [6.45, 7) is 1.81. The first-order valence-electron chi connectivity index (χ1n) is 10.7. The maximum atomic E-state index is 12.8. The fourth-order valence-corrected chi connectivity index (χ4v) is 4.00. The molecule has 1 saturated heterocycles. The summed E-state index contributed by atoms with van der Waals surface area (Å²) in [5.74, 6) is 1.84. The lowest BCUT2D eigenvalue weighted by molar-refractivity contribution is -0.132. The molecule has 160 valence electrons. The van der Waals surface area contributed by atoms with Crippen LogP contribution in [-0.2, 0) is 4.79 Å². The summed E-state index contributed by atoms with van der Waals surface area (Å²) in [5, 5.41) is 0. The largest absolute Gasteiger partial charge is 0.497 e. The van der Waals surface area contributed by atoms with Gasteiger partial charge < -0.3 is 14.4 Å². The van der Waals surface area contributed by atoms with Crippen molar-refractivity contribution < 1.29 is 14.3 Å². The van der Waals surface area contributed by atoms with Crippen molar-refractivity contribution in [3.8, 4) is 22.8 Å². The zero-order chi connectivity index (χ0) is 21.5. The third-order valence-corrected chi connectivity index (χ3v) is 5.56. The van der Waals surface area contributed by atoms with Gasteiger partial charge in [-0.2, -0.15) is 0 Å². The van der Waals surface area contributed by atoms with Crippen LogP contribution in [0.1, 0.15) is 30.9 Å². The maximum Gasteiger partial charge on any atom is 0.226 e. The molecule has 0 bridgehead atoms. The monoisotopic (exact) mass is 417 g/mol. The number of methoxy groups -OCH3 is 1. The Morgan fingerprint density at radius 2 is 1.87 bits per heavy atom. The number of para-hydroxylation sites is 1. The third-order valence-electron chi connectivity index (χ3n) is 5.56. The van der Waals surface area contributed by atoms with Crippen LogP contribution in [-0.4, -0.2) is 47.6 Å². The van der Waals surface area contributed by atoms with Gasteiger partial charge in [-0.15, -0.1) is 0 Å². The molecule has 1 amide bonds. The van der Waals surface area contributed by atoms with Gasteiger partial charge in [0.05, 0.1) is 31.5 Å². The number of likely N-dealkylation sites (tertiary alicyclic amines) is 1. The Balaban J connectivity index is 1.43. The molecule has 6 nitrogen and oxygen atoms in total. The fourth-order valence-electron chi connectivity index (χ4n) is 4.00. The molecule has 2 aromatic carbocycles. The minimum absolute atomic E-state index is 0.118. The lowest BCUT2D eigenvalue weighted by atomic mass is 9.91.